The molecule has 4 fully saturated rings. The van der Waals surface area contributed by atoms with Crippen molar-refractivity contribution in [1.82, 2.24) is 19.6 Å². The maximum absolute atomic E-state index is 14.1. The molecular weight excluding hydrogens is 634 g/mol. The minimum Gasteiger partial charge on any atom is -0.507 e. The average molecular weight is 688 g/mol. The van der Waals surface area contributed by atoms with Crippen molar-refractivity contribution in [2.75, 3.05) is 51.1 Å². The van der Waals surface area contributed by atoms with Crippen LogP contribution in [-0.2, 0) is 22.4 Å². The molecule has 1 saturated carbocycles. The molecule has 3 saturated heterocycles. The van der Waals surface area contributed by atoms with Crippen molar-refractivity contribution in [2.24, 2.45) is 5.92 Å². The minimum absolute atomic E-state index is 0.0132. The summed E-state index contributed by atoms with van der Waals surface area (Å²) in [6.07, 6.45) is 6.51. The van der Waals surface area contributed by atoms with Gasteiger partial charge in [-0.15, -0.1) is 0 Å². The molecule has 1 aliphatic carbocycles. The van der Waals surface area contributed by atoms with E-state index in [1.54, 1.807) is 4.90 Å². The number of hydrogen-bond acceptors (Lipinski definition) is 7. The summed E-state index contributed by atoms with van der Waals surface area (Å²) in [4.78, 5) is 48.8. The molecule has 0 spiro atoms. The first kappa shape index (κ1) is 34.6. The van der Waals surface area contributed by atoms with E-state index < -0.39 is 17.8 Å². The Morgan fingerprint density at radius 2 is 1.50 bits per heavy atom. The van der Waals surface area contributed by atoms with Crippen LogP contribution in [0.2, 0.25) is 0 Å². The summed E-state index contributed by atoms with van der Waals surface area (Å²) in [5.41, 5.74) is 3.85. The second-order valence-electron chi connectivity index (χ2n) is 15.4. The van der Waals surface area contributed by atoms with Crippen molar-refractivity contribution in [1.29, 1.82) is 0 Å². The highest BCUT2D eigenvalue weighted by molar-refractivity contribution is 5.91. The van der Waals surface area contributed by atoms with Crippen LogP contribution in [0.1, 0.15) is 73.6 Å². The smallest absolute Gasteiger partial charge is 0.410 e. The molecule has 270 valence electrons. The number of hydrogen-bond donors (Lipinski definition) is 3. The lowest BCUT2D eigenvalue weighted by Gasteiger charge is -2.43. The van der Waals surface area contributed by atoms with Gasteiger partial charge < -0.3 is 39.9 Å². The number of aromatic hydroxyl groups is 1. The van der Waals surface area contributed by atoms with Crippen molar-refractivity contribution in [3.05, 3.63) is 58.7 Å². The fourth-order valence-corrected chi connectivity index (χ4v) is 8.84. The number of carbonyl (C=O) groups is 3. The highest BCUT2D eigenvalue weighted by Crippen LogP contribution is 2.46. The van der Waals surface area contributed by atoms with Crippen molar-refractivity contribution in [3.63, 3.8) is 0 Å². The third kappa shape index (κ3) is 7.44. The molecule has 11 nitrogen and oxygen atoms in total. The number of benzene rings is 2. The Labute approximate surface area is 295 Å². The molecule has 4 amide bonds. The van der Waals surface area contributed by atoms with Crippen LogP contribution in [0.4, 0.5) is 15.3 Å². The van der Waals surface area contributed by atoms with E-state index in [1.807, 2.05) is 60.0 Å². The number of phenols is 1. The van der Waals surface area contributed by atoms with Crippen LogP contribution < -0.4 is 5.32 Å². The SMILES string of the molecule is Cc1cc(C[C@@H](OC(=O)N2CCC(N3CCc4ccccc4NC3=O)CC2)C(=O)N2CCC(N3CCC(C4(O)CC4)CC3)CC2)cc(C)c1O. The summed E-state index contributed by atoms with van der Waals surface area (Å²) in [6.45, 7) is 8.40. The molecule has 3 N–H and O–H groups in total. The van der Waals surface area contributed by atoms with Crippen molar-refractivity contribution >= 4 is 23.7 Å². The monoisotopic (exact) mass is 687 g/mol. The summed E-state index contributed by atoms with van der Waals surface area (Å²) in [6, 6.07) is 11.9. The van der Waals surface area contributed by atoms with Gasteiger partial charge in [0.2, 0.25) is 0 Å². The Kier molecular flexibility index (Phi) is 9.98. The number of carbonyl (C=O) groups excluding carboxylic acids is 3. The molecule has 0 unspecified atom stereocenters. The van der Waals surface area contributed by atoms with Crippen LogP contribution in [0, 0.1) is 19.8 Å². The molecule has 0 radical (unpaired) electrons. The Hall–Kier alpha value is -3.83. The van der Waals surface area contributed by atoms with E-state index in [2.05, 4.69) is 10.2 Å². The van der Waals surface area contributed by atoms with E-state index in [0.29, 0.717) is 57.5 Å². The molecule has 4 heterocycles. The largest absolute Gasteiger partial charge is 0.507 e. The number of likely N-dealkylation sites (tertiary alicyclic amines) is 3. The highest BCUT2D eigenvalue weighted by atomic mass is 16.6. The van der Waals surface area contributed by atoms with Crippen LogP contribution in [0.15, 0.2) is 36.4 Å². The van der Waals surface area contributed by atoms with Crippen LogP contribution >= 0.6 is 0 Å². The first-order valence-electron chi connectivity index (χ1n) is 18.7. The van der Waals surface area contributed by atoms with Gasteiger partial charge in [-0.2, -0.15) is 0 Å². The number of ether oxygens (including phenoxy) is 1. The van der Waals surface area contributed by atoms with Gasteiger partial charge in [0.05, 0.1) is 5.60 Å². The number of aryl methyl sites for hydroxylation is 2. The van der Waals surface area contributed by atoms with Crippen molar-refractivity contribution in [2.45, 2.75) is 102 Å². The standard InChI is InChI=1S/C39H53N5O6/c1-26-23-28(24-27(2)35(26)45)25-34(36(46)42-18-10-31(11-19-42)41-16-8-30(9-17-41)39(49)14-15-39)50-38(48)43-20-12-32(13-21-43)44-22-7-29-5-3-4-6-33(29)40-37(44)47/h3-6,23-24,30-32,34,45,49H,7-22,25H2,1-2H3,(H,40,47)/t34-/m1/s1. The third-order valence-corrected chi connectivity index (χ3v) is 12.1. The quantitative estimate of drug-likeness (QED) is 0.381. The zero-order valence-corrected chi connectivity index (χ0v) is 29.6. The van der Waals surface area contributed by atoms with E-state index in [0.717, 1.165) is 86.0 Å². The minimum atomic E-state index is -0.981. The summed E-state index contributed by atoms with van der Waals surface area (Å²) in [5, 5.41) is 24.0. The highest BCUT2D eigenvalue weighted by Gasteiger charge is 2.48. The molecule has 0 bridgehead atoms. The first-order valence-corrected chi connectivity index (χ1v) is 18.7. The van der Waals surface area contributed by atoms with Gasteiger partial charge in [0.1, 0.15) is 5.75 Å². The summed E-state index contributed by atoms with van der Waals surface area (Å²) in [5.74, 6) is 0.474. The van der Waals surface area contributed by atoms with E-state index >= 15 is 0 Å². The number of rotatable bonds is 7. The Bertz CT molecular complexity index is 1550. The van der Waals surface area contributed by atoms with Crippen LogP contribution in [0.3, 0.4) is 0 Å². The predicted octanol–water partition coefficient (Wildman–Crippen LogP) is 4.84. The number of nitrogens with one attached hydrogen (secondary N) is 1. The molecule has 4 aliphatic heterocycles. The zero-order chi connectivity index (χ0) is 35.0. The lowest BCUT2D eigenvalue weighted by molar-refractivity contribution is -0.142. The molecule has 50 heavy (non-hydrogen) atoms. The number of nitrogens with zero attached hydrogens (tertiary/aromatic N) is 4. The van der Waals surface area contributed by atoms with Crippen LogP contribution in [0.5, 0.6) is 5.75 Å². The number of amides is 4. The number of piperidine rings is 3. The normalized spacial score (nSPS) is 22.8. The van der Waals surface area contributed by atoms with E-state index in [-0.39, 0.29) is 30.2 Å². The Morgan fingerprint density at radius 1 is 0.880 bits per heavy atom. The van der Waals surface area contributed by atoms with Gasteiger partial charge in [-0.05, 0) is 119 Å². The zero-order valence-electron chi connectivity index (χ0n) is 29.6. The first-order chi connectivity index (χ1) is 24.1. The summed E-state index contributed by atoms with van der Waals surface area (Å²) in [7, 11) is 0. The molecule has 11 heteroatoms. The topological polar surface area (TPSA) is 126 Å². The van der Waals surface area contributed by atoms with E-state index in [4.69, 9.17) is 4.74 Å². The van der Waals surface area contributed by atoms with Gasteiger partial charge in [-0.3, -0.25) is 4.79 Å². The van der Waals surface area contributed by atoms with Gasteiger partial charge in [0.15, 0.2) is 6.10 Å². The average Bonchev–Trinajstić information content (AvgIpc) is 3.91. The van der Waals surface area contributed by atoms with Gasteiger partial charge in [-0.25, -0.2) is 9.59 Å². The van der Waals surface area contributed by atoms with Crippen LogP contribution in [-0.4, -0.2) is 117 Å². The van der Waals surface area contributed by atoms with Crippen LogP contribution in [0.25, 0.3) is 0 Å². The molecule has 2 aromatic carbocycles. The van der Waals surface area contributed by atoms with Gasteiger partial charge in [0.25, 0.3) is 5.91 Å². The molecule has 0 aromatic heterocycles. The van der Waals surface area contributed by atoms with Gasteiger partial charge >= 0.3 is 12.1 Å². The molecule has 2 aromatic rings. The number of aliphatic hydroxyl groups is 1. The lowest BCUT2D eigenvalue weighted by Crippen LogP contribution is -2.53. The van der Waals surface area contributed by atoms with Crippen molar-refractivity contribution < 1.29 is 29.3 Å². The van der Waals surface area contributed by atoms with E-state index in [9.17, 15) is 24.6 Å². The van der Waals surface area contributed by atoms with E-state index in [1.165, 1.54) is 0 Å². The number of para-hydroxylation sites is 1. The molecule has 5 aliphatic rings. The summed E-state index contributed by atoms with van der Waals surface area (Å²) < 4.78 is 6.08. The fraction of sp³-hybridized carbons (Fsp3) is 0.615. The summed E-state index contributed by atoms with van der Waals surface area (Å²) >= 11 is 0. The number of fused-ring (bicyclic) bond motifs is 1. The molecule has 7 rings (SSSR count). The van der Waals surface area contributed by atoms with Crippen molar-refractivity contribution in [3.8, 4) is 5.75 Å². The Balaban J connectivity index is 0.963. The second-order valence-corrected chi connectivity index (χ2v) is 15.4. The lowest BCUT2D eigenvalue weighted by atomic mass is 9.88. The molecular formula is C39H53N5O6. The second kappa shape index (κ2) is 14.4. The van der Waals surface area contributed by atoms with Gasteiger partial charge in [-0.1, -0.05) is 30.3 Å². The number of urea groups is 1. The predicted molar refractivity (Wildman–Crippen MR) is 190 cm³/mol. The fourth-order valence-electron chi connectivity index (χ4n) is 8.84. The number of anilines is 1. The molecule has 1 atom stereocenters. The maximum atomic E-state index is 14.1. The maximum Gasteiger partial charge on any atom is 0.410 e. The third-order valence-electron chi connectivity index (χ3n) is 12.1. The number of phenolic OH excluding ortho intramolecular Hbond substituents is 1. The Morgan fingerprint density at radius 3 is 2.16 bits per heavy atom. The van der Waals surface area contributed by atoms with Gasteiger partial charge in [0, 0.05) is 56.9 Å².